The van der Waals surface area contributed by atoms with E-state index in [1.165, 1.54) is 0 Å². The number of anilines is 1. The van der Waals surface area contributed by atoms with Crippen molar-refractivity contribution in [2.75, 3.05) is 5.73 Å². The van der Waals surface area contributed by atoms with Gasteiger partial charge in [0.15, 0.2) is 0 Å². The van der Waals surface area contributed by atoms with Gasteiger partial charge in [-0.3, -0.25) is 0 Å². The van der Waals surface area contributed by atoms with Crippen molar-refractivity contribution in [3.63, 3.8) is 0 Å². The third kappa shape index (κ3) is 1.42. The molecule has 0 amide bonds. The summed E-state index contributed by atoms with van der Waals surface area (Å²) in [5.74, 6) is 1.05. The molecule has 0 saturated carbocycles. The lowest BCUT2D eigenvalue weighted by atomic mass is 9.81. The lowest BCUT2D eigenvalue weighted by molar-refractivity contribution is 0.291. The molecule has 0 radical (unpaired) electrons. The fraction of sp³-hybridized carbons (Fsp3) is 0.750. The van der Waals surface area contributed by atoms with E-state index >= 15 is 0 Å². The zero-order chi connectivity index (χ0) is 9.35. The molecule has 0 aromatic carbocycles. The first-order valence-corrected chi connectivity index (χ1v) is 4.04. The van der Waals surface area contributed by atoms with Crippen LogP contribution in [0.3, 0.4) is 0 Å². The number of hydrogen-bond donors (Lipinski definition) is 1. The highest BCUT2D eigenvalue weighted by Gasteiger charge is 2.30. The Bertz CT molecular complexity index is 265. The van der Waals surface area contributed by atoms with Crippen LogP contribution in [0.1, 0.15) is 33.6 Å². The minimum absolute atomic E-state index is 0.107. The lowest BCUT2D eigenvalue weighted by Gasteiger charge is -2.24. The van der Waals surface area contributed by atoms with Crippen LogP contribution >= 0.6 is 0 Å². The molecule has 12 heavy (non-hydrogen) atoms. The van der Waals surface area contributed by atoms with Gasteiger partial charge in [0.05, 0.1) is 0 Å². The Morgan fingerprint density at radius 2 is 1.92 bits per heavy atom. The largest absolute Gasteiger partial charge is 0.408 e. The molecular weight excluding hydrogens is 154 g/mol. The van der Waals surface area contributed by atoms with Gasteiger partial charge in [0.1, 0.15) is 0 Å². The maximum Gasteiger partial charge on any atom is 0.312 e. The molecule has 4 heteroatoms. The van der Waals surface area contributed by atoms with Crippen molar-refractivity contribution < 1.29 is 4.42 Å². The van der Waals surface area contributed by atoms with E-state index in [1.54, 1.807) is 0 Å². The normalized spacial score (nSPS) is 12.4. The summed E-state index contributed by atoms with van der Waals surface area (Å²) in [5.41, 5.74) is 5.23. The molecule has 2 N–H and O–H groups in total. The van der Waals surface area contributed by atoms with Crippen LogP contribution < -0.4 is 5.73 Å². The molecule has 0 fully saturated rings. The molecule has 0 aliphatic rings. The first kappa shape index (κ1) is 9.03. The van der Waals surface area contributed by atoms with Gasteiger partial charge >= 0.3 is 6.01 Å². The zero-order valence-electron chi connectivity index (χ0n) is 7.96. The van der Waals surface area contributed by atoms with Crippen LogP contribution in [0.2, 0.25) is 0 Å². The Kier molecular flexibility index (Phi) is 2.08. The molecule has 0 aliphatic carbocycles. The summed E-state index contributed by atoms with van der Waals surface area (Å²) in [5, 5.41) is 7.49. The summed E-state index contributed by atoms with van der Waals surface area (Å²) in [6.07, 6.45) is 0. The number of aromatic nitrogens is 2. The van der Waals surface area contributed by atoms with Gasteiger partial charge in [0.25, 0.3) is 0 Å². The summed E-state index contributed by atoms with van der Waals surface area (Å²) >= 11 is 0. The second-order valence-electron chi connectivity index (χ2n) is 3.82. The zero-order valence-corrected chi connectivity index (χ0v) is 7.96. The topological polar surface area (TPSA) is 64.9 Å². The van der Waals surface area contributed by atoms with E-state index < -0.39 is 0 Å². The number of nitrogens with two attached hydrogens (primary N) is 1. The highest BCUT2D eigenvalue weighted by molar-refractivity contribution is 5.10. The lowest BCUT2D eigenvalue weighted by Crippen LogP contribution is -2.24. The van der Waals surface area contributed by atoms with Gasteiger partial charge in [0.2, 0.25) is 5.89 Å². The van der Waals surface area contributed by atoms with Crippen molar-refractivity contribution >= 4 is 6.01 Å². The van der Waals surface area contributed by atoms with Gasteiger partial charge < -0.3 is 10.2 Å². The van der Waals surface area contributed by atoms with Crippen LogP contribution in [0.25, 0.3) is 0 Å². The van der Waals surface area contributed by atoms with Crippen LogP contribution in [0.15, 0.2) is 4.42 Å². The third-order valence-electron chi connectivity index (χ3n) is 2.44. The number of nitrogens with zero attached hydrogens (tertiary/aromatic N) is 2. The van der Waals surface area contributed by atoms with Crippen LogP contribution in [0.5, 0.6) is 0 Å². The molecule has 0 bridgehead atoms. The molecule has 0 atom stereocenters. The first-order chi connectivity index (χ1) is 5.44. The van der Waals surface area contributed by atoms with Gasteiger partial charge in [-0.25, -0.2) is 0 Å². The molecule has 1 rings (SSSR count). The summed E-state index contributed by atoms with van der Waals surface area (Å²) in [6.45, 7) is 8.34. The minimum Gasteiger partial charge on any atom is -0.408 e. The van der Waals surface area contributed by atoms with E-state index in [-0.39, 0.29) is 11.4 Å². The maximum atomic E-state index is 5.34. The summed E-state index contributed by atoms with van der Waals surface area (Å²) in [4.78, 5) is 0. The third-order valence-corrected chi connectivity index (χ3v) is 2.44. The van der Waals surface area contributed by atoms with E-state index in [1.807, 2.05) is 0 Å². The van der Waals surface area contributed by atoms with Gasteiger partial charge in [-0.15, -0.1) is 5.10 Å². The van der Waals surface area contributed by atoms with Gasteiger partial charge in [0, 0.05) is 5.41 Å². The Morgan fingerprint density at radius 1 is 1.33 bits per heavy atom. The van der Waals surface area contributed by atoms with E-state index in [0.717, 1.165) is 0 Å². The van der Waals surface area contributed by atoms with Gasteiger partial charge in [-0.05, 0) is 5.92 Å². The number of rotatable bonds is 2. The van der Waals surface area contributed by atoms with E-state index in [4.69, 9.17) is 10.2 Å². The Balaban J connectivity index is 2.97. The highest BCUT2D eigenvalue weighted by Crippen LogP contribution is 2.30. The van der Waals surface area contributed by atoms with Crippen LogP contribution in [-0.4, -0.2) is 10.2 Å². The van der Waals surface area contributed by atoms with Crippen molar-refractivity contribution in [1.82, 2.24) is 10.2 Å². The average Bonchev–Trinajstić information content (AvgIpc) is 2.35. The quantitative estimate of drug-likeness (QED) is 0.730. The molecule has 0 unspecified atom stereocenters. The molecule has 0 aliphatic heterocycles. The Hall–Kier alpha value is -1.06. The standard InChI is InChI=1S/C8H15N3O/c1-5(2)8(3,4)6-10-11-7(9)12-6/h5H,1-4H3,(H2,9,11). The molecule has 1 heterocycles. The van der Waals surface area contributed by atoms with Crippen LogP contribution in [0, 0.1) is 5.92 Å². The number of hydrogen-bond acceptors (Lipinski definition) is 4. The molecule has 0 saturated heterocycles. The fourth-order valence-electron chi connectivity index (χ4n) is 0.742. The van der Waals surface area contributed by atoms with Crippen molar-refractivity contribution in [1.29, 1.82) is 0 Å². The van der Waals surface area contributed by atoms with Crippen molar-refractivity contribution in [2.45, 2.75) is 33.1 Å². The second-order valence-corrected chi connectivity index (χ2v) is 3.82. The number of nitrogen functional groups attached to an aromatic ring is 1. The first-order valence-electron chi connectivity index (χ1n) is 4.04. The van der Waals surface area contributed by atoms with E-state index in [0.29, 0.717) is 11.8 Å². The molecule has 1 aromatic heterocycles. The molecule has 4 nitrogen and oxygen atoms in total. The smallest absolute Gasteiger partial charge is 0.312 e. The average molecular weight is 169 g/mol. The van der Waals surface area contributed by atoms with E-state index in [9.17, 15) is 0 Å². The van der Waals surface area contributed by atoms with Crippen molar-refractivity contribution in [3.05, 3.63) is 5.89 Å². The Morgan fingerprint density at radius 3 is 2.25 bits per heavy atom. The minimum atomic E-state index is -0.107. The fourth-order valence-corrected chi connectivity index (χ4v) is 0.742. The van der Waals surface area contributed by atoms with E-state index in [2.05, 4.69) is 37.9 Å². The van der Waals surface area contributed by atoms with Gasteiger partial charge in [-0.2, -0.15) is 0 Å². The molecule has 68 valence electrons. The predicted octanol–water partition coefficient (Wildman–Crippen LogP) is 1.59. The highest BCUT2D eigenvalue weighted by atomic mass is 16.4. The van der Waals surface area contributed by atoms with Crippen molar-refractivity contribution in [3.8, 4) is 0 Å². The molecule has 0 spiro atoms. The maximum absolute atomic E-state index is 5.34. The summed E-state index contributed by atoms with van der Waals surface area (Å²) < 4.78 is 5.17. The summed E-state index contributed by atoms with van der Waals surface area (Å²) in [6, 6.07) is 0.138. The second kappa shape index (κ2) is 2.77. The van der Waals surface area contributed by atoms with Crippen LogP contribution in [-0.2, 0) is 5.41 Å². The van der Waals surface area contributed by atoms with Crippen LogP contribution in [0.4, 0.5) is 6.01 Å². The summed E-state index contributed by atoms with van der Waals surface area (Å²) in [7, 11) is 0. The van der Waals surface area contributed by atoms with Crippen molar-refractivity contribution in [2.24, 2.45) is 5.92 Å². The molecule has 1 aromatic rings. The SMILES string of the molecule is CC(C)C(C)(C)c1nnc(N)o1. The predicted molar refractivity (Wildman–Crippen MR) is 46.6 cm³/mol. The molecular formula is C8H15N3O. The Labute approximate surface area is 72.2 Å². The van der Waals surface area contributed by atoms with Gasteiger partial charge in [-0.1, -0.05) is 32.8 Å². The monoisotopic (exact) mass is 169 g/mol.